The molecule has 6 heteroatoms. The number of aliphatic hydroxyl groups is 1. The number of nitrogens with zero attached hydrogens (tertiary/aromatic N) is 2. The number of amides is 1. The molecule has 3 N–H and O–H groups in total. The average Bonchev–Trinajstić information content (AvgIpc) is 2.86. The van der Waals surface area contributed by atoms with Gasteiger partial charge in [-0.05, 0) is 37.8 Å². The van der Waals surface area contributed by atoms with Crippen molar-refractivity contribution in [2.75, 3.05) is 18.9 Å². The molecular weight excluding hydrogens is 266 g/mol. The minimum absolute atomic E-state index is 0.149. The molecule has 1 saturated heterocycles. The van der Waals surface area contributed by atoms with Crippen LogP contribution in [0.15, 0.2) is 12.1 Å². The summed E-state index contributed by atoms with van der Waals surface area (Å²) >= 11 is 6.02. The van der Waals surface area contributed by atoms with E-state index in [1.54, 1.807) is 17.0 Å². The molecule has 0 radical (unpaired) electrons. The first-order valence-corrected chi connectivity index (χ1v) is 6.85. The molecule has 0 aliphatic carbocycles. The van der Waals surface area contributed by atoms with Crippen LogP contribution in [-0.4, -0.2) is 40.1 Å². The van der Waals surface area contributed by atoms with Crippen LogP contribution in [0.25, 0.3) is 0 Å². The molecule has 1 aromatic heterocycles. The molecule has 0 aromatic carbocycles. The summed E-state index contributed by atoms with van der Waals surface area (Å²) in [6.07, 6.45) is 3.45. The molecule has 2 heterocycles. The molecule has 1 aliphatic heterocycles. The molecule has 1 atom stereocenters. The van der Waals surface area contributed by atoms with Gasteiger partial charge in [0.2, 0.25) is 0 Å². The third-order valence-corrected chi connectivity index (χ3v) is 3.71. The van der Waals surface area contributed by atoms with E-state index in [2.05, 4.69) is 4.98 Å². The van der Waals surface area contributed by atoms with E-state index in [4.69, 9.17) is 22.4 Å². The topological polar surface area (TPSA) is 79.5 Å². The number of nitrogen functional groups attached to an aromatic ring is 1. The predicted molar refractivity (Wildman–Crippen MR) is 74.0 cm³/mol. The van der Waals surface area contributed by atoms with Crippen LogP contribution >= 0.6 is 11.6 Å². The van der Waals surface area contributed by atoms with Crippen LogP contribution in [0.4, 0.5) is 5.82 Å². The number of halogens is 1. The zero-order valence-corrected chi connectivity index (χ0v) is 11.4. The van der Waals surface area contributed by atoms with Crippen molar-refractivity contribution < 1.29 is 9.90 Å². The summed E-state index contributed by atoms with van der Waals surface area (Å²) in [7, 11) is 0. The molecule has 0 saturated carbocycles. The maximum absolute atomic E-state index is 12.5. The zero-order chi connectivity index (χ0) is 13.8. The Hall–Kier alpha value is -1.33. The van der Waals surface area contributed by atoms with Crippen LogP contribution in [-0.2, 0) is 0 Å². The summed E-state index contributed by atoms with van der Waals surface area (Å²) in [5, 5.41) is 9.22. The molecular formula is C13H18ClN3O2. The van der Waals surface area contributed by atoms with Gasteiger partial charge in [0.15, 0.2) is 0 Å². The van der Waals surface area contributed by atoms with Crippen molar-refractivity contribution in [1.29, 1.82) is 0 Å². The van der Waals surface area contributed by atoms with Gasteiger partial charge < -0.3 is 15.7 Å². The zero-order valence-electron chi connectivity index (χ0n) is 10.7. The summed E-state index contributed by atoms with van der Waals surface area (Å²) in [5.74, 6) is 0.122. The third kappa shape index (κ3) is 3.16. The number of carbonyl (C=O) groups is 1. The van der Waals surface area contributed by atoms with Crippen LogP contribution in [0.1, 0.15) is 36.2 Å². The maximum atomic E-state index is 12.5. The van der Waals surface area contributed by atoms with Crippen LogP contribution in [0.2, 0.25) is 5.02 Å². The minimum Gasteiger partial charge on any atom is -0.396 e. The smallest absolute Gasteiger partial charge is 0.274 e. The van der Waals surface area contributed by atoms with E-state index in [1.807, 2.05) is 0 Å². The number of pyridine rings is 1. The van der Waals surface area contributed by atoms with Gasteiger partial charge >= 0.3 is 0 Å². The summed E-state index contributed by atoms with van der Waals surface area (Å²) < 4.78 is 0. The highest BCUT2D eigenvalue weighted by Crippen LogP contribution is 2.25. The SMILES string of the molecule is Nc1ccc(Cl)c(C(=O)N2CCCC2CCCO)n1. The number of carbonyl (C=O) groups excluding carboxylic acids is 1. The number of likely N-dealkylation sites (tertiary alicyclic amines) is 1. The van der Waals surface area contributed by atoms with E-state index < -0.39 is 0 Å². The lowest BCUT2D eigenvalue weighted by atomic mass is 10.1. The van der Waals surface area contributed by atoms with Crippen molar-refractivity contribution in [2.45, 2.75) is 31.7 Å². The van der Waals surface area contributed by atoms with Crippen LogP contribution in [0.3, 0.4) is 0 Å². The van der Waals surface area contributed by atoms with Crippen molar-refractivity contribution in [2.24, 2.45) is 0 Å². The Bertz CT molecular complexity index is 467. The number of hydrogen-bond donors (Lipinski definition) is 2. The second-order valence-corrected chi connectivity index (χ2v) is 5.13. The first-order valence-electron chi connectivity index (χ1n) is 6.47. The highest BCUT2D eigenvalue weighted by molar-refractivity contribution is 6.33. The Morgan fingerprint density at radius 1 is 1.58 bits per heavy atom. The molecule has 104 valence electrons. The third-order valence-electron chi connectivity index (χ3n) is 3.40. The maximum Gasteiger partial charge on any atom is 0.274 e. The molecule has 0 bridgehead atoms. The van der Waals surface area contributed by atoms with Crippen LogP contribution in [0.5, 0.6) is 0 Å². The Morgan fingerprint density at radius 3 is 3.11 bits per heavy atom. The first-order chi connectivity index (χ1) is 9.13. The second kappa shape index (κ2) is 6.21. The number of aliphatic hydroxyl groups excluding tert-OH is 1. The lowest BCUT2D eigenvalue weighted by Gasteiger charge is -2.24. The van der Waals surface area contributed by atoms with Crippen molar-refractivity contribution in [3.63, 3.8) is 0 Å². The number of aromatic nitrogens is 1. The van der Waals surface area contributed by atoms with E-state index in [0.717, 1.165) is 19.3 Å². The van der Waals surface area contributed by atoms with Crippen molar-refractivity contribution in [3.8, 4) is 0 Å². The standard InChI is InChI=1S/C13H18ClN3O2/c14-10-5-6-11(15)16-12(10)13(19)17-7-1-3-9(17)4-2-8-18/h5-6,9,18H,1-4,7-8H2,(H2,15,16). The van der Waals surface area contributed by atoms with Crippen molar-refractivity contribution in [1.82, 2.24) is 9.88 Å². The fourth-order valence-corrected chi connectivity index (χ4v) is 2.66. The van der Waals surface area contributed by atoms with Crippen LogP contribution < -0.4 is 5.73 Å². The quantitative estimate of drug-likeness (QED) is 0.881. The number of nitrogens with two attached hydrogens (primary N) is 1. The number of anilines is 1. The first kappa shape index (κ1) is 14.1. The molecule has 19 heavy (non-hydrogen) atoms. The molecule has 2 rings (SSSR count). The van der Waals surface area contributed by atoms with Gasteiger partial charge in [-0.2, -0.15) is 0 Å². The lowest BCUT2D eigenvalue weighted by molar-refractivity contribution is 0.0719. The summed E-state index contributed by atoms with van der Waals surface area (Å²) in [5.41, 5.74) is 5.83. The van der Waals surface area contributed by atoms with E-state index in [1.165, 1.54) is 0 Å². The number of hydrogen-bond acceptors (Lipinski definition) is 4. The van der Waals surface area contributed by atoms with Gasteiger partial charge in [-0.15, -0.1) is 0 Å². The van der Waals surface area contributed by atoms with Gasteiger partial charge in [0.1, 0.15) is 11.5 Å². The van der Waals surface area contributed by atoms with Crippen molar-refractivity contribution >= 4 is 23.3 Å². The Balaban J connectivity index is 2.16. The minimum atomic E-state index is -0.169. The van der Waals surface area contributed by atoms with E-state index >= 15 is 0 Å². The molecule has 1 amide bonds. The van der Waals surface area contributed by atoms with Gasteiger partial charge in [0.05, 0.1) is 5.02 Å². The number of rotatable bonds is 4. The second-order valence-electron chi connectivity index (χ2n) is 4.73. The van der Waals surface area contributed by atoms with Gasteiger partial charge in [-0.1, -0.05) is 11.6 Å². The predicted octanol–water partition coefficient (Wildman–Crippen LogP) is 1.69. The fourth-order valence-electron chi connectivity index (χ4n) is 2.47. The van der Waals surface area contributed by atoms with E-state index in [0.29, 0.717) is 23.8 Å². The molecule has 1 unspecified atom stereocenters. The average molecular weight is 284 g/mol. The van der Waals surface area contributed by atoms with Gasteiger partial charge in [0, 0.05) is 19.2 Å². The molecule has 1 fully saturated rings. The fraction of sp³-hybridized carbons (Fsp3) is 0.538. The normalized spacial score (nSPS) is 18.8. The summed E-state index contributed by atoms with van der Waals surface area (Å²) in [6, 6.07) is 3.33. The Morgan fingerprint density at radius 2 is 2.37 bits per heavy atom. The highest BCUT2D eigenvalue weighted by Gasteiger charge is 2.30. The summed E-state index contributed by atoms with van der Waals surface area (Å²) in [6.45, 7) is 0.859. The Kier molecular flexibility index (Phi) is 4.61. The van der Waals surface area contributed by atoms with Gasteiger partial charge in [-0.3, -0.25) is 4.79 Å². The molecule has 0 spiro atoms. The molecule has 1 aliphatic rings. The summed E-state index contributed by atoms with van der Waals surface area (Å²) in [4.78, 5) is 18.3. The highest BCUT2D eigenvalue weighted by atomic mass is 35.5. The van der Waals surface area contributed by atoms with E-state index in [-0.39, 0.29) is 24.2 Å². The van der Waals surface area contributed by atoms with Gasteiger partial charge in [0.25, 0.3) is 5.91 Å². The van der Waals surface area contributed by atoms with Gasteiger partial charge in [-0.25, -0.2) is 4.98 Å². The van der Waals surface area contributed by atoms with Crippen molar-refractivity contribution in [3.05, 3.63) is 22.8 Å². The monoisotopic (exact) mass is 283 g/mol. The lowest BCUT2D eigenvalue weighted by Crippen LogP contribution is -2.36. The molecule has 5 nitrogen and oxygen atoms in total. The Labute approximate surface area is 117 Å². The van der Waals surface area contributed by atoms with E-state index in [9.17, 15) is 4.79 Å². The molecule has 1 aromatic rings. The largest absolute Gasteiger partial charge is 0.396 e. The van der Waals surface area contributed by atoms with Crippen LogP contribution in [0, 0.1) is 0 Å².